The number of nitrogens with zero attached hydrogens (tertiary/aromatic N) is 3. The second-order valence-electron chi connectivity index (χ2n) is 5.59. The Morgan fingerprint density at radius 1 is 1.26 bits per heavy atom. The SMILES string of the molecule is CS(=O)(=O)c1cc(N2CCCN(CCO)CC2)ccc1[N+](=O)[O-]. The predicted octanol–water partition coefficient (Wildman–Crippen LogP) is 0.503. The number of hydrogen-bond acceptors (Lipinski definition) is 7. The molecule has 1 saturated heterocycles. The quantitative estimate of drug-likeness (QED) is 0.613. The molecule has 0 atom stereocenters. The molecule has 1 aliphatic rings. The number of β-amino-alcohol motifs (C(OH)–C–C–N with tert-alkyl or cyclic N) is 1. The summed E-state index contributed by atoms with van der Waals surface area (Å²) in [6.07, 6.45) is 1.86. The summed E-state index contributed by atoms with van der Waals surface area (Å²) in [5.41, 5.74) is 0.273. The van der Waals surface area contributed by atoms with Crippen LogP contribution in [-0.2, 0) is 9.84 Å². The van der Waals surface area contributed by atoms with E-state index in [4.69, 9.17) is 5.11 Å². The molecule has 0 aliphatic carbocycles. The molecule has 128 valence electrons. The molecule has 23 heavy (non-hydrogen) atoms. The highest BCUT2D eigenvalue weighted by atomic mass is 32.2. The van der Waals surface area contributed by atoms with Crippen LogP contribution in [0.4, 0.5) is 11.4 Å². The zero-order valence-corrected chi connectivity index (χ0v) is 13.8. The van der Waals surface area contributed by atoms with Gasteiger partial charge in [0.05, 0.1) is 11.5 Å². The summed E-state index contributed by atoms with van der Waals surface area (Å²) in [6, 6.07) is 4.23. The van der Waals surface area contributed by atoms with Gasteiger partial charge in [-0.25, -0.2) is 8.42 Å². The highest BCUT2D eigenvalue weighted by Crippen LogP contribution is 2.29. The minimum atomic E-state index is -3.68. The highest BCUT2D eigenvalue weighted by Gasteiger charge is 2.24. The van der Waals surface area contributed by atoms with Gasteiger partial charge in [-0.2, -0.15) is 0 Å². The fourth-order valence-electron chi connectivity index (χ4n) is 2.74. The number of rotatable bonds is 5. The van der Waals surface area contributed by atoms with Crippen LogP contribution < -0.4 is 4.90 Å². The number of hydrogen-bond donors (Lipinski definition) is 1. The van der Waals surface area contributed by atoms with Crippen LogP contribution in [0.3, 0.4) is 0 Å². The van der Waals surface area contributed by atoms with Gasteiger partial charge in [0.25, 0.3) is 5.69 Å². The van der Waals surface area contributed by atoms with Gasteiger partial charge < -0.3 is 10.0 Å². The minimum absolute atomic E-state index is 0.107. The second-order valence-corrected chi connectivity index (χ2v) is 7.57. The minimum Gasteiger partial charge on any atom is -0.395 e. The number of nitro benzene ring substituents is 1. The maximum Gasteiger partial charge on any atom is 0.288 e. The van der Waals surface area contributed by atoms with Gasteiger partial charge in [-0.15, -0.1) is 0 Å². The summed E-state index contributed by atoms with van der Waals surface area (Å²) in [5, 5.41) is 20.0. The maximum absolute atomic E-state index is 11.8. The maximum atomic E-state index is 11.8. The lowest BCUT2D eigenvalue weighted by Crippen LogP contribution is -2.32. The predicted molar refractivity (Wildman–Crippen MR) is 86.6 cm³/mol. The van der Waals surface area contributed by atoms with E-state index in [-0.39, 0.29) is 11.5 Å². The number of aliphatic hydroxyl groups is 1. The zero-order valence-electron chi connectivity index (χ0n) is 13.0. The van der Waals surface area contributed by atoms with Crippen molar-refractivity contribution in [1.29, 1.82) is 0 Å². The summed E-state index contributed by atoms with van der Waals surface area (Å²) < 4.78 is 23.7. The average molecular weight is 343 g/mol. The molecule has 8 nitrogen and oxygen atoms in total. The van der Waals surface area contributed by atoms with Crippen LogP contribution in [0.2, 0.25) is 0 Å². The van der Waals surface area contributed by atoms with Crippen molar-refractivity contribution in [3.05, 3.63) is 28.3 Å². The summed E-state index contributed by atoms with van der Waals surface area (Å²) in [5.74, 6) is 0. The van der Waals surface area contributed by atoms with E-state index in [1.807, 2.05) is 4.90 Å². The van der Waals surface area contributed by atoms with Crippen molar-refractivity contribution in [2.45, 2.75) is 11.3 Å². The Labute approximate surface area is 135 Å². The number of aliphatic hydroxyl groups excluding tert-OH is 1. The molecule has 1 aromatic rings. The molecule has 0 saturated carbocycles. The summed E-state index contributed by atoms with van der Waals surface area (Å²) in [7, 11) is -3.68. The smallest absolute Gasteiger partial charge is 0.288 e. The first-order valence-corrected chi connectivity index (χ1v) is 9.28. The molecular formula is C14H21N3O5S. The lowest BCUT2D eigenvalue weighted by molar-refractivity contribution is -0.387. The van der Waals surface area contributed by atoms with Crippen LogP contribution in [0.5, 0.6) is 0 Å². The second kappa shape index (κ2) is 7.24. The van der Waals surface area contributed by atoms with Crippen LogP contribution in [0.25, 0.3) is 0 Å². The zero-order chi connectivity index (χ0) is 17.0. The van der Waals surface area contributed by atoms with Gasteiger partial charge in [-0.3, -0.25) is 15.0 Å². The van der Waals surface area contributed by atoms with Gasteiger partial charge in [0, 0.05) is 44.2 Å². The number of anilines is 1. The molecule has 9 heteroatoms. The molecule has 0 radical (unpaired) electrons. The Balaban J connectivity index is 2.28. The topological polar surface area (TPSA) is 104 Å². The monoisotopic (exact) mass is 343 g/mol. The third kappa shape index (κ3) is 4.40. The van der Waals surface area contributed by atoms with Crippen LogP contribution in [0.15, 0.2) is 23.1 Å². The van der Waals surface area contributed by atoms with Gasteiger partial charge >= 0.3 is 0 Å². The number of sulfone groups is 1. The molecule has 2 rings (SSSR count). The van der Waals surface area contributed by atoms with E-state index in [1.54, 1.807) is 6.07 Å². The normalized spacial score (nSPS) is 17.0. The van der Waals surface area contributed by atoms with Crippen molar-refractivity contribution in [3.63, 3.8) is 0 Å². The van der Waals surface area contributed by atoms with E-state index in [2.05, 4.69) is 4.90 Å². The first kappa shape index (κ1) is 17.6. The lowest BCUT2D eigenvalue weighted by Gasteiger charge is -2.23. The first-order chi connectivity index (χ1) is 10.8. The lowest BCUT2D eigenvalue weighted by atomic mass is 10.2. The molecule has 1 aliphatic heterocycles. The van der Waals surface area contributed by atoms with Gasteiger partial charge in [0.2, 0.25) is 0 Å². The van der Waals surface area contributed by atoms with Gasteiger partial charge in [0.1, 0.15) is 4.90 Å². The summed E-state index contributed by atoms with van der Waals surface area (Å²) in [4.78, 5) is 14.3. The van der Waals surface area contributed by atoms with E-state index in [0.29, 0.717) is 18.8 Å². The fourth-order valence-corrected chi connectivity index (χ4v) is 3.60. The number of nitro groups is 1. The molecule has 0 spiro atoms. The van der Waals surface area contributed by atoms with Crippen molar-refractivity contribution in [1.82, 2.24) is 4.90 Å². The van der Waals surface area contributed by atoms with Crippen LogP contribution in [0.1, 0.15) is 6.42 Å². The molecular weight excluding hydrogens is 322 g/mol. The molecule has 0 bridgehead atoms. The Hall–Kier alpha value is -1.71. The van der Waals surface area contributed by atoms with E-state index in [1.165, 1.54) is 12.1 Å². The van der Waals surface area contributed by atoms with Crippen LogP contribution in [0, 0.1) is 10.1 Å². The van der Waals surface area contributed by atoms with Crippen molar-refractivity contribution >= 4 is 21.2 Å². The molecule has 1 heterocycles. The highest BCUT2D eigenvalue weighted by molar-refractivity contribution is 7.90. The Morgan fingerprint density at radius 3 is 2.61 bits per heavy atom. The molecule has 0 unspecified atom stereocenters. The largest absolute Gasteiger partial charge is 0.395 e. The molecule has 1 aromatic carbocycles. The molecule has 0 aromatic heterocycles. The van der Waals surface area contributed by atoms with E-state index >= 15 is 0 Å². The van der Waals surface area contributed by atoms with Crippen LogP contribution in [-0.4, -0.2) is 68.9 Å². The number of benzene rings is 1. The average Bonchev–Trinajstić information content (AvgIpc) is 2.72. The standard InChI is InChI=1S/C14H21N3O5S/c1-23(21,22)14-11-12(3-4-13(14)17(19)20)16-6-2-5-15(7-8-16)9-10-18/h3-4,11,18H,2,5-10H2,1H3. The van der Waals surface area contributed by atoms with Crippen molar-refractivity contribution in [2.24, 2.45) is 0 Å². The van der Waals surface area contributed by atoms with Gasteiger partial charge in [0.15, 0.2) is 9.84 Å². The molecule has 1 fully saturated rings. The van der Waals surface area contributed by atoms with Crippen molar-refractivity contribution in [3.8, 4) is 0 Å². The molecule has 0 amide bonds. The Kier molecular flexibility index (Phi) is 5.55. The molecule has 1 N–H and O–H groups in total. The van der Waals surface area contributed by atoms with Gasteiger partial charge in [-0.1, -0.05) is 0 Å². The summed E-state index contributed by atoms with van der Waals surface area (Å²) >= 11 is 0. The van der Waals surface area contributed by atoms with E-state index < -0.39 is 20.4 Å². The van der Waals surface area contributed by atoms with E-state index in [0.717, 1.165) is 32.3 Å². The Morgan fingerprint density at radius 2 is 2.00 bits per heavy atom. The Bertz CT molecular complexity index is 677. The third-order valence-corrected chi connectivity index (χ3v) is 5.04. The van der Waals surface area contributed by atoms with Crippen molar-refractivity contribution in [2.75, 3.05) is 50.5 Å². The summed E-state index contributed by atoms with van der Waals surface area (Å²) in [6.45, 7) is 3.76. The van der Waals surface area contributed by atoms with Gasteiger partial charge in [-0.05, 0) is 25.1 Å². The fraction of sp³-hybridized carbons (Fsp3) is 0.571. The van der Waals surface area contributed by atoms with Crippen LogP contribution >= 0.6 is 0 Å². The third-order valence-electron chi connectivity index (χ3n) is 3.91. The van der Waals surface area contributed by atoms with E-state index in [9.17, 15) is 18.5 Å². The first-order valence-electron chi connectivity index (χ1n) is 7.39. The van der Waals surface area contributed by atoms with Crippen molar-refractivity contribution < 1.29 is 18.4 Å².